The Labute approximate surface area is 95.8 Å². The summed E-state index contributed by atoms with van der Waals surface area (Å²) in [6.45, 7) is 2.81. The minimum absolute atomic E-state index is 0.347. The lowest BCUT2D eigenvalue weighted by Crippen LogP contribution is -2.40. The monoisotopic (exact) mass is 263 g/mol. The van der Waals surface area contributed by atoms with Gasteiger partial charge in [-0.1, -0.05) is 22.4 Å². The van der Waals surface area contributed by atoms with Crippen molar-refractivity contribution in [3.8, 4) is 0 Å². The summed E-state index contributed by atoms with van der Waals surface area (Å²) in [5.41, 5.74) is 0. The van der Waals surface area contributed by atoms with E-state index in [9.17, 15) is 0 Å². The predicted octanol–water partition coefficient (Wildman–Crippen LogP) is 2.40. The lowest BCUT2D eigenvalue weighted by atomic mass is 9.99. The quantitative estimate of drug-likeness (QED) is 0.588. The number of piperidine rings is 1. The second-order valence-electron chi connectivity index (χ2n) is 4.09. The zero-order valence-corrected chi connectivity index (χ0v) is 10.5. The first-order valence-electron chi connectivity index (χ1n) is 5.79. The van der Waals surface area contributed by atoms with Gasteiger partial charge in [-0.15, -0.1) is 0 Å². The molecule has 1 N–H and O–H groups in total. The van der Waals surface area contributed by atoms with Gasteiger partial charge in [0.2, 0.25) is 0 Å². The summed E-state index contributed by atoms with van der Waals surface area (Å²) in [5.74, 6) is 0. The summed E-state index contributed by atoms with van der Waals surface area (Å²) in [6.07, 6.45) is 7.49. The number of rotatable bonds is 6. The Hall–Kier alpha value is 0.400. The summed E-state index contributed by atoms with van der Waals surface area (Å²) >= 11 is 3.46. The normalized spacial score (nSPS) is 24.0. The van der Waals surface area contributed by atoms with E-state index in [1.54, 1.807) is 0 Å². The maximum absolute atomic E-state index is 8.97. The van der Waals surface area contributed by atoms with E-state index >= 15 is 0 Å². The maximum atomic E-state index is 8.97. The highest BCUT2D eigenvalue weighted by atomic mass is 79.9. The molecule has 0 spiro atoms. The molecular formula is C11H22BrNO. The van der Waals surface area contributed by atoms with Crippen LogP contribution >= 0.6 is 15.9 Å². The van der Waals surface area contributed by atoms with E-state index in [0.29, 0.717) is 12.6 Å². The molecule has 0 bridgehead atoms. The van der Waals surface area contributed by atoms with Crippen molar-refractivity contribution in [3.63, 3.8) is 0 Å². The molecule has 0 aromatic carbocycles. The summed E-state index contributed by atoms with van der Waals surface area (Å²) in [4.78, 5) is 2.57. The Bertz CT molecular complexity index is 141. The highest BCUT2D eigenvalue weighted by Crippen LogP contribution is 2.19. The van der Waals surface area contributed by atoms with Gasteiger partial charge >= 0.3 is 0 Å². The van der Waals surface area contributed by atoms with Crippen molar-refractivity contribution in [2.75, 3.05) is 25.0 Å². The largest absolute Gasteiger partial charge is 0.396 e. The van der Waals surface area contributed by atoms with Crippen molar-refractivity contribution >= 4 is 15.9 Å². The Morgan fingerprint density at radius 2 is 2.14 bits per heavy atom. The molecule has 14 heavy (non-hydrogen) atoms. The molecule has 1 rings (SSSR count). The molecule has 0 aliphatic carbocycles. The van der Waals surface area contributed by atoms with Crippen LogP contribution in [0, 0.1) is 0 Å². The van der Waals surface area contributed by atoms with Crippen LogP contribution in [0.15, 0.2) is 0 Å². The standard InChI is InChI=1S/C11H22BrNO/c12-7-2-4-9-13-8-3-1-5-11(13)6-10-14/h11,14H,1-10H2. The van der Waals surface area contributed by atoms with Crippen molar-refractivity contribution in [2.45, 2.75) is 44.6 Å². The van der Waals surface area contributed by atoms with Crippen LogP contribution in [0.25, 0.3) is 0 Å². The number of unbranched alkanes of at least 4 members (excludes halogenated alkanes) is 1. The van der Waals surface area contributed by atoms with Crippen LogP contribution in [0.3, 0.4) is 0 Å². The molecule has 1 unspecified atom stereocenters. The summed E-state index contributed by atoms with van der Waals surface area (Å²) in [5, 5.41) is 10.1. The zero-order chi connectivity index (χ0) is 10.2. The van der Waals surface area contributed by atoms with Crippen LogP contribution in [-0.4, -0.2) is 41.1 Å². The van der Waals surface area contributed by atoms with E-state index in [1.807, 2.05) is 0 Å². The molecule has 0 aromatic heterocycles. The number of alkyl halides is 1. The van der Waals surface area contributed by atoms with Crippen molar-refractivity contribution in [1.82, 2.24) is 4.90 Å². The smallest absolute Gasteiger partial charge is 0.0445 e. The average molecular weight is 264 g/mol. The molecule has 1 atom stereocenters. The van der Waals surface area contributed by atoms with Crippen LogP contribution in [0.4, 0.5) is 0 Å². The molecule has 1 aliphatic heterocycles. The van der Waals surface area contributed by atoms with Crippen LogP contribution in [0.2, 0.25) is 0 Å². The summed E-state index contributed by atoms with van der Waals surface area (Å²) in [7, 11) is 0. The number of aliphatic hydroxyl groups excluding tert-OH is 1. The third-order valence-corrected chi connectivity index (χ3v) is 3.60. The first-order valence-corrected chi connectivity index (χ1v) is 6.91. The lowest BCUT2D eigenvalue weighted by Gasteiger charge is -2.35. The Morgan fingerprint density at radius 1 is 1.29 bits per heavy atom. The number of nitrogens with zero attached hydrogens (tertiary/aromatic N) is 1. The van der Waals surface area contributed by atoms with E-state index < -0.39 is 0 Å². The molecule has 0 aromatic rings. The van der Waals surface area contributed by atoms with Gasteiger partial charge in [-0.3, -0.25) is 0 Å². The fourth-order valence-electron chi connectivity index (χ4n) is 2.24. The van der Waals surface area contributed by atoms with E-state index in [4.69, 9.17) is 5.11 Å². The van der Waals surface area contributed by atoms with E-state index in [-0.39, 0.29) is 0 Å². The maximum Gasteiger partial charge on any atom is 0.0445 e. The molecule has 0 amide bonds. The SMILES string of the molecule is OCCC1CCCCN1CCCCBr. The summed E-state index contributed by atoms with van der Waals surface area (Å²) in [6, 6.07) is 0.657. The van der Waals surface area contributed by atoms with E-state index in [2.05, 4.69) is 20.8 Å². The number of aliphatic hydroxyl groups is 1. The predicted molar refractivity (Wildman–Crippen MR) is 63.9 cm³/mol. The van der Waals surface area contributed by atoms with Gasteiger partial charge in [-0.25, -0.2) is 0 Å². The first kappa shape index (κ1) is 12.5. The molecule has 1 saturated heterocycles. The first-order chi connectivity index (χ1) is 6.88. The fraction of sp³-hybridized carbons (Fsp3) is 1.00. The average Bonchev–Trinajstić information content (AvgIpc) is 2.21. The number of likely N-dealkylation sites (tertiary alicyclic amines) is 1. The topological polar surface area (TPSA) is 23.5 Å². The molecule has 3 heteroatoms. The second kappa shape index (κ2) is 7.66. The van der Waals surface area contributed by atoms with Gasteiger partial charge in [0, 0.05) is 18.0 Å². The van der Waals surface area contributed by atoms with Gasteiger partial charge in [0.25, 0.3) is 0 Å². The lowest BCUT2D eigenvalue weighted by molar-refractivity contribution is 0.118. The number of halogens is 1. The molecule has 84 valence electrons. The molecule has 0 saturated carbocycles. The van der Waals surface area contributed by atoms with E-state index in [0.717, 1.165) is 11.8 Å². The fourth-order valence-corrected chi connectivity index (χ4v) is 2.64. The third-order valence-electron chi connectivity index (χ3n) is 3.04. The van der Waals surface area contributed by atoms with Gasteiger partial charge < -0.3 is 10.0 Å². The molecule has 2 nitrogen and oxygen atoms in total. The molecule has 1 fully saturated rings. The molecular weight excluding hydrogens is 242 g/mol. The number of hydrogen-bond acceptors (Lipinski definition) is 2. The summed E-state index contributed by atoms with van der Waals surface area (Å²) < 4.78 is 0. The molecule has 1 heterocycles. The van der Waals surface area contributed by atoms with Gasteiger partial charge in [-0.2, -0.15) is 0 Å². The molecule has 1 aliphatic rings. The van der Waals surface area contributed by atoms with Crippen molar-refractivity contribution in [1.29, 1.82) is 0 Å². The van der Waals surface area contributed by atoms with Gasteiger partial charge in [-0.05, 0) is 45.2 Å². The van der Waals surface area contributed by atoms with Crippen molar-refractivity contribution < 1.29 is 5.11 Å². The van der Waals surface area contributed by atoms with Crippen LogP contribution in [-0.2, 0) is 0 Å². The Morgan fingerprint density at radius 3 is 2.86 bits per heavy atom. The van der Waals surface area contributed by atoms with E-state index in [1.165, 1.54) is 45.2 Å². The third kappa shape index (κ3) is 4.28. The number of hydrogen-bond donors (Lipinski definition) is 1. The molecule has 0 radical (unpaired) electrons. The van der Waals surface area contributed by atoms with Crippen LogP contribution < -0.4 is 0 Å². The highest BCUT2D eigenvalue weighted by molar-refractivity contribution is 9.09. The van der Waals surface area contributed by atoms with Crippen molar-refractivity contribution in [3.05, 3.63) is 0 Å². The Kier molecular flexibility index (Phi) is 6.82. The second-order valence-corrected chi connectivity index (χ2v) is 4.89. The zero-order valence-electron chi connectivity index (χ0n) is 8.92. The van der Waals surface area contributed by atoms with Gasteiger partial charge in [0.05, 0.1) is 0 Å². The van der Waals surface area contributed by atoms with Crippen LogP contribution in [0.5, 0.6) is 0 Å². The van der Waals surface area contributed by atoms with Gasteiger partial charge in [0.15, 0.2) is 0 Å². The Balaban J connectivity index is 2.22. The van der Waals surface area contributed by atoms with Crippen LogP contribution in [0.1, 0.15) is 38.5 Å². The minimum Gasteiger partial charge on any atom is -0.396 e. The van der Waals surface area contributed by atoms with Crippen molar-refractivity contribution in [2.24, 2.45) is 0 Å². The van der Waals surface area contributed by atoms with Gasteiger partial charge in [0.1, 0.15) is 0 Å². The highest BCUT2D eigenvalue weighted by Gasteiger charge is 2.20. The minimum atomic E-state index is 0.347.